The van der Waals surface area contributed by atoms with Crippen molar-refractivity contribution >= 4 is 11.1 Å². The van der Waals surface area contributed by atoms with E-state index in [0.29, 0.717) is 10.4 Å². The van der Waals surface area contributed by atoms with Crippen molar-refractivity contribution in [2.75, 3.05) is 48.3 Å². The molecule has 0 saturated heterocycles. The van der Waals surface area contributed by atoms with Gasteiger partial charge in [0.25, 0.3) is 0 Å². The van der Waals surface area contributed by atoms with Crippen molar-refractivity contribution in [2.45, 2.75) is 12.8 Å². The van der Waals surface area contributed by atoms with Crippen LogP contribution >= 0.6 is 0 Å². The number of quaternary nitrogens is 1. The molecule has 2 heterocycles. The van der Waals surface area contributed by atoms with E-state index in [1.807, 2.05) is 50.8 Å². The minimum atomic E-state index is 0.172. The molecule has 0 atom stereocenters. The zero-order valence-corrected chi connectivity index (χ0v) is 19.0. The van der Waals surface area contributed by atoms with E-state index in [2.05, 4.69) is 36.0 Å². The van der Waals surface area contributed by atoms with Crippen LogP contribution in [-0.4, -0.2) is 67.9 Å². The van der Waals surface area contributed by atoms with Gasteiger partial charge in [0.05, 0.1) is 38.4 Å². The van der Waals surface area contributed by atoms with Crippen LogP contribution in [0.25, 0.3) is 11.1 Å². The molecule has 2 aliphatic heterocycles. The average molecular weight is 420 g/mol. The highest BCUT2D eigenvalue weighted by molar-refractivity contribution is 5.74. The van der Waals surface area contributed by atoms with Gasteiger partial charge in [-0.25, -0.2) is 0 Å². The molecule has 0 fully saturated rings. The first-order valence-electron chi connectivity index (χ1n) is 10.6. The van der Waals surface area contributed by atoms with Gasteiger partial charge >= 0.3 is 0 Å². The maximum Gasteiger partial charge on any atom is 0.133 e. The molecule has 0 radical (unpaired) electrons. The Labute approximate surface area is 182 Å². The third-order valence-electron chi connectivity index (χ3n) is 5.84. The van der Waals surface area contributed by atoms with E-state index in [1.165, 1.54) is 0 Å². The van der Waals surface area contributed by atoms with Crippen molar-refractivity contribution in [1.82, 2.24) is 4.90 Å². The van der Waals surface area contributed by atoms with E-state index in [9.17, 15) is 10.2 Å². The summed E-state index contributed by atoms with van der Waals surface area (Å²) in [5.41, 5.74) is 3.59. The summed E-state index contributed by atoms with van der Waals surface area (Å²) in [4.78, 5) is 11.1. The van der Waals surface area contributed by atoms with Crippen molar-refractivity contribution < 1.29 is 14.7 Å². The molecule has 2 N–H and O–H groups in total. The van der Waals surface area contributed by atoms with Crippen molar-refractivity contribution in [3.05, 3.63) is 68.9 Å². The maximum absolute atomic E-state index is 11.2. The molecule has 2 aliphatic rings. The number of fused-ring (bicyclic) bond motifs is 2. The molecule has 6 heteroatoms. The molecule has 4 rings (SSSR count). The summed E-state index contributed by atoms with van der Waals surface area (Å²) in [6, 6.07) is 7.50. The van der Waals surface area contributed by atoms with E-state index in [-0.39, 0.29) is 11.5 Å². The molecule has 2 aromatic carbocycles. The van der Waals surface area contributed by atoms with Crippen LogP contribution in [0, 0.1) is 10.4 Å². The predicted molar refractivity (Wildman–Crippen MR) is 123 cm³/mol. The summed E-state index contributed by atoms with van der Waals surface area (Å²) >= 11 is 0. The van der Waals surface area contributed by atoms with Crippen LogP contribution in [0.15, 0.2) is 46.7 Å². The molecule has 0 saturated carbocycles. The molecule has 31 heavy (non-hydrogen) atoms. The molecule has 0 spiro atoms. The van der Waals surface area contributed by atoms with E-state index < -0.39 is 0 Å². The molecule has 0 aromatic heterocycles. The number of hydrogen-bond donors (Lipinski definition) is 2. The van der Waals surface area contributed by atoms with Crippen molar-refractivity contribution in [3.63, 3.8) is 0 Å². The zero-order valence-electron chi connectivity index (χ0n) is 19.0. The predicted octanol–water partition coefficient (Wildman–Crippen LogP) is 2.38. The Morgan fingerprint density at radius 2 is 1.26 bits per heavy atom. The fourth-order valence-electron chi connectivity index (χ4n) is 4.05. The summed E-state index contributed by atoms with van der Waals surface area (Å²) < 4.78 is 0.838. The van der Waals surface area contributed by atoms with E-state index >= 15 is 0 Å². The first-order valence-corrected chi connectivity index (χ1v) is 10.6. The summed E-state index contributed by atoms with van der Waals surface area (Å²) in [6.07, 6.45) is 5.31. The third-order valence-corrected chi connectivity index (χ3v) is 5.84. The van der Waals surface area contributed by atoms with Crippen LogP contribution in [0.3, 0.4) is 0 Å². The number of phenols is 2. The number of nitrogens with zero attached hydrogens (tertiary/aromatic N) is 4. The zero-order chi connectivity index (χ0) is 22.3. The number of aromatic hydroxyl groups is 2. The van der Waals surface area contributed by atoms with Gasteiger partial charge in [-0.3, -0.25) is 9.98 Å². The highest BCUT2D eigenvalue weighted by atomic mass is 16.3. The fourth-order valence-corrected chi connectivity index (χ4v) is 4.05. The van der Waals surface area contributed by atoms with Gasteiger partial charge < -0.3 is 19.6 Å². The largest absolute Gasteiger partial charge is 0.507 e. The maximum atomic E-state index is 11.2. The Hall–Kier alpha value is -2.96. The summed E-state index contributed by atoms with van der Waals surface area (Å²) in [7, 11) is 10.5. The smallest absolute Gasteiger partial charge is 0.133 e. The molecular formula is C25H31N4O2+. The second-order valence-corrected chi connectivity index (χ2v) is 9.60. The van der Waals surface area contributed by atoms with E-state index in [0.717, 1.165) is 63.4 Å². The first-order chi connectivity index (χ1) is 14.7. The van der Waals surface area contributed by atoms with Gasteiger partial charge in [0.1, 0.15) is 11.5 Å². The Bertz CT molecular complexity index is 1320. The Morgan fingerprint density at radius 1 is 0.774 bits per heavy atom. The molecule has 6 nitrogen and oxygen atoms in total. The van der Waals surface area contributed by atoms with Gasteiger partial charge in [-0.05, 0) is 55.9 Å². The minimum Gasteiger partial charge on any atom is -0.507 e. The van der Waals surface area contributed by atoms with Gasteiger partial charge in [0.15, 0.2) is 0 Å². The highest BCUT2D eigenvalue weighted by Gasteiger charge is 2.20. The fraction of sp³-hybridized carbons (Fsp3) is 0.360. The Kier molecular flexibility index (Phi) is 5.45. The molecule has 162 valence electrons. The van der Waals surface area contributed by atoms with Crippen LogP contribution < -0.4 is 10.7 Å². The topological polar surface area (TPSA) is 68.4 Å². The molecule has 0 amide bonds. The summed E-state index contributed by atoms with van der Waals surface area (Å²) in [5.74, 6) is 0.348. The minimum absolute atomic E-state index is 0.172. The van der Waals surface area contributed by atoms with Gasteiger partial charge in [-0.2, -0.15) is 0 Å². The number of hydrogen-bond acceptors (Lipinski definition) is 5. The summed E-state index contributed by atoms with van der Waals surface area (Å²) in [5, 5.41) is 25.2. The molecule has 0 unspecified atom stereocenters. The van der Waals surface area contributed by atoms with Gasteiger partial charge in [0, 0.05) is 46.9 Å². The lowest BCUT2D eigenvalue weighted by Gasteiger charge is -2.24. The second-order valence-electron chi connectivity index (χ2n) is 9.60. The standard InChI is InChI=1S/C25H30N4O2/c1-28(2)12-10-16-14-26-20-8-6-18(24(30)22(16)20)19-7-9-21-23(25(19)31)17(15-27-21)11-13-29(3,4)5/h6-9,14-15H,10-13H2,1-5H3,(H-,26,27,30,31)/p+1. The highest BCUT2D eigenvalue weighted by Crippen LogP contribution is 2.32. The van der Waals surface area contributed by atoms with Crippen LogP contribution in [-0.2, 0) is 0 Å². The first kappa shape index (κ1) is 21.3. The van der Waals surface area contributed by atoms with Crippen molar-refractivity contribution in [1.29, 1.82) is 0 Å². The lowest BCUT2D eigenvalue weighted by Crippen LogP contribution is -2.35. The Morgan fingerprint density at radius 3 is 1.71 bits per heavy atom. The molecule has 0 bridgehead atoms. The summed E-state index contributed by atoms with van der Waals surface area (Å²) in [6.45, 7) is 1.81. The number of benzene rings is 2. The second kappa shape index (κ2) is 7.94. The normalized spacial score (nSPS) is 15.8. The molecule has 0 aliphatic carbocycles. The SMILES string of the molecule is CN(C)CCC1=CN=c2ccc(=c3ccc4c(c3O)C(CC[N+](C)(C)C)=CN=4)c(O)c21. The third kappa shape index (κ3) is 4.13. The van der Waals surface area contributed by atoms with Crippen LogP contribution in [0.4, 0.5) is 0 Å². The Balaban J connectivity index is 1.83. The quantitative estimate of drug-likeness (QED) is 0.707. The van der Waals surface area contributed by atoms with Crippen LogP contribution in [0.2, 0.25) is 0 Å². The van der Waals surface area contributed by atoms with Gasteiger partial charge in [-0.15, -0.1) is 0 Å². The van der Waals surface area contributed by atoms with Crippen LogP contribution in [0.5, 0.6) is 11.5 Å². The van der Waals surface area contributed by atoms with E-state index in [1.54, 1.807) is 0 Å². The average Bonchev–Trinajstić information content (AvgIpc) is 3.30. The van der Waals surface area contributed by atoms with Crippen molar-refractivity contribution in [3.8, 4) is 11.5 Å². The molecule has 2 aromatic rings. The number of phenolic OH excluding ortho intramolecular Hbond substituents is 2. The lowest BCUT2D eigenvalue weighted by atomic mass is 9.98. The number of rotatable bonds is 6. The van der Waals surface area contributed by atoms with E-state index in [4.69, 9.17) is 0 Å². The van der Waals surface area contributed by atoms with Gasteiger partial charge in [-0.1, -0.05) is 0 Å². The molecular weight excluding hydrogens is 388 g/mol. The van der Waals surface area contributed by atoms with Gasteiger partial charge in [0.2, 0.25) is 0 Å². The van der Waals surface area contributed by atoms with Crippen LogP contribution in [0.1, 0.15) is 24.0 Å². The van der Waals surface area contributed by atoms with Crippen molar-refractivity contribution in [2.24, 2.45) is 9.98 Å². The lowest BCUT2D eigenvalue weighted by molar-refractivity contribution is -0.869. The monoisotopic (exact) mass is 419 g/mol.